The van der Waals surface area contributed by atoms with Crippen molar-refractivity contribution in [2.24, 2.45) is 5.92 Å². The third-order valence-corrected chi connectivity index (χ3v) is 3.87. The van der Waals surface area contributed by atoms with Crippen LogP contribution in [0.15, 0.2) is 18.2 Å². The van der Waals surface area contributed by atoms with Gasteiger partial charge in [0, 0.05) is 11.1 Å². The highest BCUT2D eigenvalue weighted by molar-refractivity contribution is 6.35. The van der Waals surface area contributed by atoms with Gasteiger partial charge >= 0.3 is 0 Å². The van der Waals surface area contributed by atoms with Crippen molar-refractivity contribution >= 4 is 28.9 Å². The molecule has 0 bridgehead atoms. The van der Waals surface area contributed by atoms with Crippen molar-refractivity contribution in [2.45, 2.75) is 38.6 Å². The minimum atomic E-state index is 0.548. The van der Waals surface area contributed by atoms with Gasteiger partial charge in [-0.15, -0.1) is 0 Å². The van der Waals surface area contributed by atoms with E-state index in [9.17, 15) is 0 Å². The van der Waals surface area contributed by atoms with Crippen LogP contribution >= 0.6 is 23.2 Å². The Hall–Kier alpha value is -0.400. The van der Waals surface area contributed by atoms with E-state index in [0.717, 1.165) is 21.7 Å². The average molecular weight is 258 g/mol. The fourth-order valence-electron chi connectivity index (χ4n) is 2.23. The van der Waals surface area contributed by atoms with Crippen LogP contribution in [0.25, 0.3) is 0 Å². The standard InChI is InChI=1S/C13H17Cl2N/c1-9-2-5-11(6-3-9)16-13-8-10(14)4-7-12(13)15/h4,7-9,11,16H,2-3,5-6H2,1H3. The van der Waals surface area contributed by atoms with E-state index >= 15 is 0 Å². The Morgan fingerprint density at radius 2 is 1.81 bits per heavy atom. The average Bonchev–Trinajstić information content (AvgIpc) is 2.27. The third-order valence-electron chi connectivity index (χ3n) is 3.30. The molecule has 0 atom stereocenters. The number of benzene rings is 1. The Labute approximate surface area is 107 Å². The molecule has 1 aliphatic carbocycles. The molecule has 0 aliphatic heterocycles. The largest absolute Gasteiger partial charge is 0.381 e. The summed E-state index contributed by atoms with van der Waals surface area (Å²) in [7, 11) is 0. The first-order valence-electron chi connectivity index (χ1n) is 5.87. The van der Waals surface area contributed by atoms with E-state index in [1.165, 1.54) is 25.7 Å². The summed E-state index contributed by atoms with van der Waals surface area (Å²) in [6, 6.07) is 6.12. The van der Waals surface area contributed by atoms with Crippen LogP contribution in [-0.2, 0) is 0 Å². The summed E-state index contributed by atoms with van der Waals surface area (Å²) in [5.74, 6) is 0.868. The first kappa shape index (κ1) is 12.1. The van der Waals surface area contributed by atoms with E-state index < -0.39 is 0 Å². The van der Waals surface area contributed by atoms with Crippen LogP contribution in [0.2, 0.25) is 10.0 Å². The van der Waals surface area contributed by atoms with Gasteiger partial charge in [-0.2, -0.15) is 0 Å². The maximum absolute atomic E-state index is 6.12. The molecule has 16 heavy (non-hydrogen) atoms. The second kappa shape index (κ2) is 5.29. The number of rotatable bonds is 2. The Kier molecular flexibility index (Phi) is 3.99. The van der Waals surface area contributed by atoms with Crippen molar-refractivity contribution in [1.29, 1.82) is 0 Å². The molecule has 0 saturated heterocycles. The molecule has 1 fully saturated rings. The zero-order valence-corrected chi connectivity index (χ0v) is 11.0. The molecule has 3 heteroatoms. The van der Waals surface area contributed by atoms with Crippen LogP contribution in [0, 0.1) is 5.92 Å². The number of hydrogen-bond acceptors (Lipinski definition) is 1. The minimum absolute atomic E-state index is 0.548. The van der Waals surface area contributed by atoms with E-state index in [1.54, 1.807) is 0 Å². The van der Waals surface area contributed by atoms with Crippen molar-refractivity contribution in [3.05, 3.63) is 28.2 Å². The van der Waals surface area contributed by atoms with Crippen molar-refractivity contribution in [1.82, 2.24) is 0 Å². The molecule has 1 nitrogen and oxygen atoms in total. The number of hydrogen-bond donors (Lipinski definition) is 1. The van der Waals surface area contributed by atoms with Gasteiger partial charge in [-0.3, -0.25) is 0 Å². The summed E-state index contributed by atoms with van der Waals surface area (Å²) >= 11 is 12.1. The van der Waals surface area contributed by atoms with Gasteiger partial charge in [-0.05, 0) is 49.8 Å². The predicted octanol–water partition coefficient (Wildman–Crippen LogP) is 4.98. The summed E-state index contributed by atoms with van der Waals surface area (Å²) in [5.41, 5.74) is 0.966. The van der Waals surface area contributed by atoms with Gasteiger partial charge in [-0.25, -0.2) is 0 Å². The molecule has 0 unspecified atom stereocenters. The van der Waals surface area contributed by atoms with E-state index in [0.29, 0.717) is 6.04 Å². The SMILES string of the molecule is CC1CCC(Nc2cc(Cl)ccc2Cl)CC1. The summed E-state index contributed by atoms with van der Waals surface area (Å²) < 4.78 is 0. The molecule has 1 aliphatic rings. The van der Waals surface area contributed by atoms with Crippen LogP contribution in [0.4, 0.5) is 5.69 Å². The van der Waals surface area contributed by atoms with Crippen LogP contribution in [0.5, 0.6) is 0 Å². The van der Waals surface area contributed by atoms with E-state index in [-0.39, 0.29) is 0 Å². The van der Waals surface area contributed by atoms with Gasteiger partial charge in [0.25, 0.3) is 0 Å². The van der Waals surface area contributed by atoms with Gasteiger partial charge in [-0.1, -0.05) is 30.1 Å². The van der Waals surface area contributed by atoms with Crippen LogP contribution in [-0.4, -0.2) is 6.04 Å². The highest BCUT2D eigenvalue weighted by Gasteiger charge is 2.18. The van der Waals surface area contributed by atoms with Crippen molar-refractivity contribution < 1.29 is 0 Å². The smallest absolute Gasteiger partial charge is 0.0638 e. The quantitative estimate of drug-likeness (QED) is 0.788. The van der Waals surface area contributed by atoms with E-state index in [1.807, 2.05) is 18.2 Å². The van der Waals surface area contributed by atoms with Crippen molar-refractivity contribution in [3.63, 3.8) is 0 Å². The Morgan fingerprint density at radius 3 is 2.50 bits per heavy atom. The van der Waals surface area contributed by atoms with Crippen LogP contribution in [0.1, 0.15) is 32.6 Å². The van der Waals surface area contributed by atoms with E-state index in [2.05, 4.69) is 12.2 Å². The maximum atomic E-state index is 6.12. The lowest BCUT2D eigenvalue weighted by Crippen LogP contribution is -2.25. The zero-order valence-electron chi connectivity index (χ0n) is 9.47. The Morgan fingerprint density at radius 1 is 1.12 bits per heavy atom. The molecule has 1 N–H and O–H groups in total. The molecule has 1 saturated carbocycles. The fraction of sp³-hybridized carbons (Fsp3) is 0.538. The second-order valence-electron chi connectivity index (χ2n) is 4.73. The van der Waals surface area contributed by atoms with Gasteiger partial charge in [0.1, 0.15) is 0 Å². The molecule has 1 aromatic carbocycles. The molecule has 88 valence electrons. The van der Waals surface area contributed by atoms with Crippen molar-refractivity contribution in [3.8, 4) is 0 Å². The monoisotopic (exact) mass is 257 g/mol. The molecule has 0 spiro atoms. The molecule has 0 amide bonds. The molecule has 0 heterocycles. The van der Waals surface area contributed by atoms with Crippen LogP contribution < -0.4 is 5.32 Å². The molecule has 2 rings (SSSR count). The summed E-state index contributed by atoms with van der Waals surface area (Å²) in [5, 5.41) is 4.98. The summed E-state index contributed by atoms with van der Waals surface area (Å²) in [6.45, 7) is 2.32. The first-order valence-corrected chi connectivity index (χ1v) is 6.62. The zero-order chi connectivity index (χ0) is 11.5. The summed E-state index contributed by atoms with van der Waals surface area (Å²) in [4.78, 5) is 0. The molecular weight excluding hydrogens is 241 g/mol. The predicted molar refractivity (Wildman–Crippen MR) is 71.5 cm³/mol. The van der Waals surface area contributed by atoms with E-state index in [4.69, 9.17) is 23.2 Å². The normalized spacial score (nSPS) is 25.4. The summed E-state index contributed by atoms with van der Waals surface area (Å²) in [6.07, 6.45) is 5.06. The highest BCUT2D eigenvalue weighted by Crippen LogP contribution is 2.30. The lowest BCUT2D eigenvalue weighted by atomic mass is 9.87. The topological polar surface area (TPSA) is 12.0 Å². The highest BCUT2D eigenvalue weighted by atomic mass is 35.5. The minimum Gasteiger partial charge on any atom is -0.381 e. The molecular formula is C13H17Cl2N. The lowest BCUT2D eigenvalue weighted by molar-refractivity contribution is 0.361. The number of anilines is 1. The van der Waals surface area contributed by atoms with Gasteiger partial charge in [0.2, 0.25) is 0 Å². The number of halogens is 2. The first-order chi connectivity index (χ1) is 7.65. The van der Waals surface area contributed by atoms with Crippen molar-refractivity contribution in [2.75, 3.05) is 5.32 Å². The van der Waals surface area contributed by atoms with Crippen LogP contribution in [0.3, 0.4) is 0 Å². The van der Waals surface area contributed by atoms with Gasteiger partial charge < -0.3 is 5.32 Å². The molecule has 0 radical (unpaired) electrons. The molecule has 0 aromatic heterocycles. The third kappa shape index (κ3) is 3.05. The molecule has 1 aromatic rings. The number of nitrogens with one attached hydrogen (secondary N) is 1. The Balaban J connectivity index is 2.00. The lowest BCUT2D eigenvalue weighted by Gasteiger charge is -2.28. The van der Waals surface area contributed by atoms with Gasteiger partial charge in [0.15, 0.2) is 0 Å². The Bertz CT molecular complexity index is 357. The maximum Gasteiger partial charge on any atom is 0.0638 e. The van der Waals surface area contributed by atoms with Gasteiger partial charge in [0.05, 0.1) is 10.7 Å². The second-order valence-corrected chi connectivity index (χ2v) is 5.57. The fourth-order valence-corrected chi connectivity index (χ4v) is 2.58.